The third-order valence-electron chi connectivity index (χ3n) is 4.57. The molecule has 0 N–H and O–H groups in total. The highest BCUT2D eigenvalue weighted by molar-refractivity contribution is 7.88. The second-order valence-corrected chi connectivity index (χ2v) is 8.29. The number of fused-ring (bicyclic) bond motifs is 1. The zero-order valence-electron chi connectivity index (χ0n) is 15.2. The number of hydrogen-bond donors (Lipinski definition) is 0. The molecular weight excluding hydrogens is 383 g/mol. The maximum Gasteiger partial charge on any atom is 0.247 e. The van der Waals surface area contributed by atoms with Crippen LogP contribution in [0.15, 0.2) is 53.9 Å². The van der Waals surface area contributed by atoms with E-state index in [1.165, 1.54) is 19.2 Å². The van der Waals surface area contributed by atoms with E-state index in [0.29, 0.717) is 29.0 Å². The van der Waals surface area contributed by atoms with E-state index < -0.39 is 21.9 Å². The van der Waals surface area contributed by atoms with Gasteiger partial charge in [-0.15, -0.1) is 0 Å². The van der Waals surface area contributed by atoms with Gasteiger partial charge >= 0.3 is 0 Å². The minimum atomic E-state index is -3.63. The normalized spacial score (nSPS) is 17.0. The van der Waals surface area contributed by atoms with Gasteiger partial charge in [-0.05, 0) is 29.8 Å². The predicted octanol–water partition coefficient (Wildman–Crippen LogP) is 2.89. The fourth-order valence-corrected chi connectivity index (χ4v) is 4.20. The molecule has 7 nitrogen and oxygen atoms in total. The van der Waals surface area contributed by atoms with Crippen LogP contribution < -0.4 is 4.74 Å². The van der Waals surface area contributed by atoms with Crippen LogP contribution in [0.5, 0.6) is 5.75 Å². The van der Waals surface area contributed by atoms with Crippen LogP contribution in [0, 0.1) is 5.82 Å². The zero-order chi connectivity index (χ0) is 19.9. The van der Waals surface area contributed by atoms with Crippen LogP contribution in [-0.4, -0.2) is 41.9 Å². The standard InChI is InChI=1S/C19H17FN4O3S/c1-27-19-10-13(20)4-5-14(19)16-11-18(24(23-16)28(2,25)26)12-3-6-15-17(9-12)22-8-7-21-15/h3-10,18H,11H2,1-2H3/t18-/m1/s1. The van der Waals surface area contributed by atoms with Crippen molar-refractivity contribution in [1.82, 2.24) is 14.4 Å². The molecule has 0 spiro atoms. The van der Waals surface area contributed by atoms with Crippen molar-refractivity contribution in [3.05, 3.63) is 65.7 Å². The summed E-state index contributed by atoms with van der Waals surface area (Å²) in [6.45, 7) is 0. The van der Waals surface area contributed by atoms with E-state index in [1.807, 2.05) is 12.1 Å². The summed E-state index contributed by atoms with van der Waals surface area (Å²) in [6.07, 6.45) is 4.61. The van der Waals surface area contributed by atoms with Crippen molar-refractivity contribution in [1.29, 1.82) is 0 Å². The van der Waals surface area contributed by atoms with Crippen LogP contribution in [-0.2, 0) is 10.0 Å². The van der Waals surface area contributed by atoms with Crippen LogP contribution >= 0.6 is 0 Å². The lowest BCUT2D eigenvalue weighted by atomic mass is 9.98. The molecule has 1 aliphatic rings. The number of methoxy groups -OCH3 is 1. The molecule has 0 amide bonds. The van der Waals surface area contributed by atoms with Gasteiger partial charge in [-0.25, -0.2) is 12.8 Å². The number of halogens is 1. The first kappa shape index (κ1) is 18.3. The Morgan fingerprint density at radius 3 is 2.57 bits per heavy atom. The van der Waals surface area contributed by atoms with Crippen LogP contribution in [0.2, 0.25) is 0 Å². The molecule has 3 aromatic rings. The van der Waals surface area contributed by atoms with Crippen LogP contribution in [0.4, 0.5) is 4.39 Å². The van der Waals surface area contributed by atoms with Gasteiger partial charge in [0.25, 0.3) is 0 Å². The Labute approximate surface area is 161 Å². The van der Waals surface area contributed by atoms with Gasteiger partial charge in [0.15, 0.2) is 0 Å². The van der Waals surface area contributed by atoms with Gasteiger partial charge in [-0.1, -0.05) is 6.07 Å². The fraction of sp³-hybridized carbons (Fsp3) is 0.211. The molecular formula is C19H17FN4O3S. The highest BCUT2D eigenvalue weighted by atomic mass is 32.2. The highest BCUT2D eigenvalue weighted by Crippen LogP contribution is 2.37. The number of aromatic nitrogens is 2. The third kappa shape index (κ3) is 3.29. The first-order chi connectivity index (χ1) is 13.4. The van der Waals surface area contributed by atoms with Gasteiger partial charge in [0.1, 0.15) is 11.6 Å². The lowest BCUT2D eigenvalue weighted by Crippen LogP contribution is -2.25. The van der Waals surface area contributed by atoms with Crippen molar-refractivity contribution >= 4 is 26.8 Å². The van der Waals surface area contributed by atoms with Crippen molar-refractivity contribution < 1.29 is 17.5 Å². The average Bonchev–Trinajstić information content (AvgIpc) is 3.13. The van der Waals surface area contributed by atoms with E-state index in [0.717, 1.165) is 21.8 Å². The molecule has 0 unspecified atom stereocenters. The Bertz CT molecular complexity index is 1200. The molecule has 2 heterocycles. The molecule has 0 saturated heterocycles. The third-order valence-corrected chi connectivity index (χ3v) is 5.58. The van der Waals surface area contributed by atoms with E-state index in [-0.39, 0.29) is 0 Å². The Kier molecular flexibility index (Phi) is 4.46. The molecule has 28 heavy (non-hydrogen) atoms. The maximum atomic E-state index is 13.5. The SMILES string of the molecule is COc1cc(F)ccc1C1=NN(S(C)(=O)=O)[C@@H](c2ccc3nccnc3c2)C1. The minimum Gasteiger partial charge on any atom is -0.496 e. The Hall–Kier alpha value is -3.07. The molecule has 2 aromatic carbocycles. The first-order valence-corrected chi connectivity index (χ1v) is 10.3. The van der Waals surface area contributed by atoms with Crippen molar-refractivity contribution in [3.8, 4) is 5.75 Å². The summed E-state index contributed by atoms with van der Waals surface area (Å²) in [5, 5.41) is 4.33. The van der Waals surface area contributed by atoms with Crippen LogP contribution in [0.25, 0.3) is 11.0 Å². The number of ether oxygens (including phenoxy) is 1. The molecule has 9 heteroatoms. The lowest BCUT2D eigenvalue weighted by molar-refractivity contribution is 0.375. The number of benzene rings is 2. The quantitative estimate of drug-likeness (QED) is 0.672. The Balaban J connectivity index is 1.79. The smallest absolute Gasteiger partial charge is 0.247 e. The van der Waals surface area contributed by atoms with E-state index in [4.69, 9.17) is 4.74 Å². The predicted molar refractivity (Wildman–Crippen MR) is 103 cm³/mol. The van der Waals surface area contributed by atoms with E-state index in [2.05, 4.69) is 15.1 Å². The summed E-state index contributed by atoms with van der Waals surface area (Å²) >= 11 is 0. The fourth-order valence-electron chi connectivity index (χ4n) is 3.30. The van der Waals surface area contributed by atoms with E-state index in [1.54, 1.807) is 24.5 Å². The van der Waals surface area contributed by atoms with E-state index in [9.17, 15) is 12.8 Å². The minimum absolute atomic E-state index is 0.303. The summed E-state index contributed by atoms with van der Waals surface area (Å²) < 4.78 is 44.6. The van der Waals surface area contributed by atoms with Gasteiger partial charge in [0.2, 0.25) is 10.0 Å². The molecule has 0 bridgehead atoms. The summed E-state index contributed by atoms with van der Waals surface area (Å²) in [5.74, 6) is -0.138. The second kappa shape index (κ2) is 6.83. The number of nitrogens with zero attached hydrogens (tertiary/aromatic N) is 4. The van der Waals surface area contributed by atoms with E-state index >= 15 is 0 Å². The van der Waals surface area contributed by atoms with Crippen LogP contribution in [0.3, 0.4) is 0 Å². The van der Waals surface area contributed by atoms with Crippen molar-refractivity contribution in [2.24, 2.45) is 5.10 Å². The molecule has 1 atom stereocenters. The first-order valence-electron chi connectivity index (χ1n) is 8.48. The molecule has 144 valence electrons. The molecule has 1 aromatic heterocycles. The number of hydrogen-bond acceptors (Lipinski definition) is 6. The molecule has 0 saturated carbocycles. The molecule has 0 fully saturated rings. The van der Waals surface area contributed by atoms with Gasteiger partial charge in [0.05, 0.1) is 36.2 Å². The zero-order valence-corrected chi connectivity index (χ0v) is 16.0. The Morgan fingerprint density at radius 2 is 1.86 bits per heavy atom. The summed E-state index contributed by atoms with van der Waals surface area (Å²) in [7, 11) is -2.19. The van der Waals surface area contributed by atoms with Gasteiger partial charge in [-0.2, -0.15) is 9.52 Å². The molecule has 1 aliphatic heterocycles. The Morgan fingerprint density at radius 1 is 1.11 bits per heavy atom. The summed E-state index contributed by atoms with van der Waals surface area (Å²) in [4.78, 5) is 8.52. The highest BCUT2D eigenvalue weighted by Gasteiger charge is 2.35. The summed E-state index contributed by atoms with van der Waals surface area (Å²) in [5.41, 5.74) is 3.20. The van der Waals surface area contributed by atoms with Gasteiger partial charge in [-0.3, -0.25) is 9.97 Å². The van der Waals surface area contributed by atoms with Gasteiger partial charge in [0, 0.05) is 30.4 Å². The van der Waals surface area contributed by atoms with Crippen molar-refractivity contribution in [2.45, 2.75) is 12.5 Å². The van der Waals surface area contributed by atoms with Gasteiger partial charge < -0.3 is 4.74 Å². The summed E-state index contributed by atoms with van der Waals surface area (Å²) in [6, 6.07) is 8.99. The number of hydrazone groups is 1. The molecule has 0 radical (unpaired) electrons. The molecule has 4 rings (SSSR count). The molecule has 0 aliphatic carbocycles. The maximum absolute atomic E-state index is 13.5. The lowest BCUT2D eigenvalue weighted by Gasteiger charge is -2.21. The van der Waals surface area contributed by atoms with Crippen molar-refractivity contribution in [3.63, 3.8) is 0 Å². The number of sulfonamides is 1. The second-order valence-electron chi connectivity index (χ2n) is 6.45. The number of rotatable bonds is 4. The van der Waals surface area contributed by atoms with Crippen LogP contribution in [0.1, 0.15) is 23.6 Å². The van der Waals surface area contributed by atoms with Crippen molar-refractivity contribution in [2.75, 3.05) is 13.4 Å². The average molecular weight is 400 g/mol. The monoisotopic (exact) mass is 400 g/mol. The topological polar surface area (TPSA) is 84.8 Å². The largest absolute Gasteiger partial charge is 0.496 e.